The highest BCUT2D eigenvalue weighted by Gasteiger charge is 2.12. The zero-order chi connectivity index (χ0) is 11.6. The molecule has 0 aromatic heterocycles. The molecular formula is C16H28. The van der Waals surface area contributed by atoms with Gasteiger partial charge < -0.3 is 0 Å². The van der Waals surface area contributed by atoms with Gasteiger partial charge in [0.15, 0.2) is 0 Å². The van der Waals surface area contributed by atoms with E-state index in [9.17, 15) is 0 Å². The van der Waals surface area contributed by atoms with Gasteiger partial charge in [-0.15, -0.1) is 6.58 Å². The standard InChI is InChI=1S/C16H28/c1-3-5-6-7-11-15(10-4-2)14-16-12-8-9-13-16/h4,14,16H,2-3,5-13H2,1H3/b15-14-. The van der Waals surface area contributed by atoms with Crippen molar-refractivity contribution < 1.29 is 0 Å². The Morgan fingerprint density at radius 1 is 1.19 bits per heavy atom. The van der Waals surface area contributed by atoms with Crippen molar-refractivity contribution in [3.63, 3.8) is 0 Å². The summed E-state index contributed by atoms with van der Waals surface area (Å²) in [5, 5.41) is 0. The van der Waals surface area contributed by atoms with Gasteiger partial charge in [0, 0.05) is 0 Å². The van der Waals surface area contributed by atoms with Gasteiger partial charge >= 0.3 is 0 Å². The van der Waals surface area contributed by atoms with E-state index in [1.165, 1.54) is 57.8 Å². The maximum Gasteiger partial charge on any atom is -0.0141 e. The lowest BCUT2D eigenvalue weighted by molar-refractivity contribution is 0.641. The molecule has 16 heavy (non-hydrogen) atoms. The first-order valence-electron chi connectivity index (χ1n) is 7.17. The van der Waals surface area contributed by atoms with Gasteiger partial charge in [0.2, 0.25) is 0 Å². The van der Waals surface area contributed by atoms with Crippen molar-refractivity contribution in [3.05, 3.63) is 24.3 Å². The topological polar surface area (TPSA) is 0 Å². The molecule has 0 aromatic carbocycles. The number of hydrogen-bond acceptors (Lipinski definition) is 0. The van der Waals surface area contributed by atoms with Crippen LogP contribution in [0, 0.1) is 5.92 Å². The van der Waals surface area contributed by atoms with Crippen LogP contribution < -0.4 is 0 Å². The zero-order valence-electron chi connectivity index (χ0n) is 11.0. The Hall–Kier alpha value is -0.520. The summed E-state index contributed by atoms with van der Waals surface area (Å²) in [5.74, 6) is 0.890. The van der Waals surface area contributed by atoms with E-state index in [2.05, 4.69) is 25.7 Å². The summed E-state index contributed by atoms with van der Waals surface area (Å²) in [6.07, 6.45) is 18.3. The molecule has 0 aromatic rings. The summed E-state index contributed by atoms with van der Waals surface area (Å²) in [5.41, 5.74) is 1.65. The second kappa shape index (κ2) is 8.61. The normalized spacial score (nSPS) is 17.9. The molecule has 1 rings (SSSR count). The minimum Gasteiger partial charge on any atom is -0.103 e. The van der Waals surface area contributed by atoms with Crippen molar-refractivity contribution in [1.82, 2.24) is 0 Å². The summed E-state index contributed by atoms with van der Waals surface area (Å²) in [6, 6.07) is 0. The Labute approximate surface area is 102 Å². The lowest BCUT2D eigenvalue weighted by atomic mass is 9.97. The number of hydrogen-bond donors (Lipinski definition) is 0. The fourth-order valence-electron chi connectivity index (χ4n) is 2.68. The maximum absolute atomic E-state index is 3.88. The Bertz CT molecular complexity index is 206. The van der Waals surface area contributed by atoms with E-state index in [4.69, 9.17) is 0 Å². The van der Waals surface area contributed by atoms with E-state index in [1.54, 1.807) is 5.57 Å². The van der Waals surface area contributed by atoms with Crippen LogP contribution in [0.4, 0.5) is 0 Å². The van der Waals surface area contributed by atoms with Gasteiger partial charge in [-0.2, -0.15) is 0 Å². The molecule has 0 amide bonds. The van der Waals surface area contributed by atoms with E-state index < -0.39 is 0 Å². The average molecular weight is 220 g/mol. The first kappa shape index (κ1) is 13.5. The van der Waals surface area contributed by atoms with Gasteiger partial charge in [0.1, 0.15) is 0 Å². The molecule has 0 spiro atoms. The van der Waals surface area contributed by atoms with E-state index in [1.807, 2.05) is 0 Å². The summed E-state index contributed by atoms with van der Waals surface area (Å²) in [4.78, 5) is 0. The minimum absolute atomic E-state index is 0.890. The van der Waals surface area contributed by atoms with Crippen molar-refractivity contribution in [2.24, 2.45) is 5.92 Å². The van der Waals surface area contributed by atoms with Crippen molar-refractivity contribution in [2.75, 3.05) is 0 Å². The first-order valence-corrected chi connectivity index (χ1v) is 7.17. The number of unbranched alkanes of at least 4 members (excludes halogenated alkanes) is 3. The smallest absolute Gasteiger partial charge is 0.0141 e. The SMILES string of the molecule is C=CC/C(=C/C1CCCC1)CCCCCC. The minimum atomic E-state index is 0.890. The molecule has 0 heteroatoms. The molecule has 0 atom stereocenters. The molecule has 0 bridgehead atoms. The molecule has 0 saturated heterocycles. The molecule has 0 N–H and O–H groups in total. The third-order valence-electron chi connectivity index (χ3n) is 3.63. The van der Waals surface area contributed by atoms with Crippen LogP contribution in [0.25, 0.3) is 0 Å². The van der Waals surface area contributed by atoms with Crippen molar-refractivity contribution in [1.29, 1.82) is 0 Å². The van der Waals surface area contributed by atoms with Gasteiger partial charge in [0.25, 0.3) is 0 Å². The molecule has 0 heterocycles. The van der Waals surface area contributed by atoms with Gasteiger partial charge in [-0.05, 0) is 38.0 Å². The molecule has 1 fully saturated rings. The largest absolute Gasteiger partial charge is 0.103 e. The predicted molar refractivity (Wildman–Crippen MR) is 73.6 cm³/mol. The average Bonchev–Trinajstić information content (AvgIpc) is 2.77. The Morgan fingerprint density at radius 2 is 1.94 bits per heavy atom. The highest BCUT2D eigenvalue weighted by molar-refractivity contribution is 5.09. The van der Waals surface area contributed by atoms with E-state index in [0.29, 0.717) is 0 Å². The fraction of sp³-hybridized carbons (Fsp3) is 0.750. The molecule has 0 aliphatic heterocycles. The molecule has 1 aliphatic rings. The van der Waals surface area contributed by atoms with Crippen LogP contribution in [-0.2, 0) is 0 Å². The van der Waals surface area contributed by atoms with Crippen molar-refractivity contribution >= 4 is 0 Å². The summed E-state index contributed by atoms with van der Waals surface area (Å²) in [6.45, 7) is 6.16. The third-order valence-corrected chi connectivity index (χ3v) is 3.63. The monoisotopic (exact) mass is 220 g/mol. The first-order chi connectivity index (χ1) is 7.86. The van der Waals surface area contributed by atoms with E-state index >= 15 is 0 Å². The quantitative estimate of drug-likeness (QED) is 0.366. The highest BCUT2D eigenvalue weighted by atomic mass is 14.2. The Balaban J connectivity index is 2.30. The lowest BCUT2D eigenvalue weighted by Gasteiger charge is -2.09. The molecule has 1 saturated carbocycles. The van der Waals surface area contributed by atoms with Gasteiger partial charge in [0.05, 0.1) is 0 Å². The lowest BCUT2D eigenvalue weighted by Crippen LogP contribution is -1.92. The Morgan fingerprint density at radius 3 is 2.56 bits per heavy atom. The van der Waals surface area contributed by atoms with Crippen LogP contribution in [0.3, 0.4) is 0 Å². The third kappa shape index (κ3) is 5.53. The second-order valence-corrected chi connectivity index (χ2v) is 5.17. The summed E-state index contributed by atoms with van der Waals surface area (Å²) < 4.78 is 0. The zero-order valence-corrected chi connectivity index (χ0v) is 11.0. The molecule has 92 valence electrons. The van der Waals surface area contributed by atoms with Crippen LogP contribution in [-0.4, -0.2) is 0 Å². The number of rotatable bonds is 8. The summed E-state index contributed by atoms with van der Waals surface area (Å²) in [7, 11) is 0. The molecule has 0 radical (unpaired) electrons. The van der Waals surface area contributed by atoms with E-state index in [0.717, 1.165) is 12.3 Å². The molecule has 1 aliphatic carbocycles. The van der Waals surface area contributed by atoms with Crippen LogP contribution in [0.15, 0.2) is 24.3 Å². The van der Waals surface area contributed by atoms with Crippen molar-refractivity contribution in [2.45, 2.75) is 71.1 Å². The van der Waals surface area contributed by atoms with Crippen LogP contribution in [0.1, 0.15) is 71.1 Å². The Kier molecular flexibility index (Phi) is 7.29. The number of allylic oxidation sites excluding steroid dienone is 3. The van der Waals surface area contributed by atoms with Gasteiger partial charge in [-0.3, -0.25) is 0 Å². The fourth-order valence-corrected chi connectivity index (χ4v) is 2.68. The molecular weight excluding hydrogens is 192 g/mol. The predicted octanol–water partition coefficient (Wildman–Crippen LogP) is 5.65. The van der Waals surface area contributed by atoms with Crippen LogP contribution in [0.5, 0.6) is 0 Å². The van der Waals surface area contributed by atoms with Gasteiger partial charge in [-0.25, -0.2) is 0 Å². The maximum atomic E-state index is 3.88. The van der Waals surface area contributed by atoms with E-state index in [-0.39, 0.29) is 0 Å². The van der Waals surface area contributed by atoms with Crippen LogP contribution in [0.2, 0.25) is 0 Å². The molecule has 0 unspecified atom stereocenters. The van der Waals surface area contributed by atoms with Crippen molar-refractivity contribution in [3.8, 4) is 0 Å². The van der Waals surface area contributed by atoms with Crippen LogP contribution >= 0.6 is 0 Å². The summed E-state index contributed by atoms with van der Waals surface area (Å²) >= 11 is 0. The van der Waals surface area contributed by atoms with Gasteiger partial charge in [-0.1, -0.05) is 56.8 Å². The second-order valence-electron chi connectivity index (χ2n) is 5.17. The highest BCUT2D eigenvalue weighted by Crippen LogP contribution is 2.28. The molecule has 0 nitrogen and oxygen atoms in total.